The molecule has 3 N–H and O–H groups in total. The summed E-state index contributed by atoms with van der Waals surface area (Å²) >= 11 is 0. The van der Waals surface area contributed by atoms with Crippen molar-refractivity contribution in [3.63, 3.8) is 0 Å². The van der Waals surface area contributed by atoms with Gasteiger partial charge in [0.25, 0.3) is 0 Å². The van der Waals surface area contributed by atoms with Gasteiger partial charge < -0.3 is 20.5 Å². The molecule has 0 bridgehead atoms. The minimum absolute atomic E-state index is 0.0108. The molecule has 1 aromatic carbocycles. The molecular formula is C16H26N2O3. The molecule has 1 rings (SSSR count). The fraction of sp³-hybridized carbons (Fsp3) is 0.562. The maximum absolute atomic E-state index is 11.9. The number of hydrogen-bond acceptors (Lipinski definition) is 4. The first-order valence-corrected chi connectivity index (χ1v) is 7.15. The highest BCUT2D eigenvalue weighted by atomic mass is 16.5. The zero-order valence-corrected chi connectivity index (χ0v) is 13.3. The molecule has 1 aromatic rings. The molecule has 0 aliphatic heterocycles. The Balaban J connectivity index is 2.48. The summed E-state index contributed by atoms with van der Waals surface area (Å²) < 4.78 is 5.07. The highest BCUT2D eigenvalue weighted by molar-refractivity contribution is 5.92. The third-order valence-corrected chi connectivity index (χ3v) is 3.35. The van der Waals surface area contributed by atoms with E-state index in [9.17, 15) is 4.79 Å². The van der Waals surface area contributed by atoms with E-state index in [1.54, 1.807) is 31.4 Å². The van der Waals surface area contributed by atoms with Crippen molar-refractivity contribution in [2.24, 2.45) is 5.41 Å². The first-order chi connectivity index (χ1) is 9.86. The van der Waals surface area contributed by atoms with E-state index < -0.39 is 0 Å². The second-order valence-corrected chi connectivity index (χ2v) is 6.09. The van der Waals surface area contributed by atoms with Gasteiger partial charge in [0, 0.05) is 18.3 Å². The number of amides is 1. The number of benzene rings is 1. The second kappa shape index (κ2) is 8.00. The molecule has 0 saturated heterocycles. The van der Waals surface area contributed by atoms with Gasteiger partial charge in [-0.3, -0.25) is 4.79 Å². The second-order valence-electron chi connectivity index (χ2n) is 6.09. The predicted molar refractivity (Wildman–Crippen MR) is 84.6 cm³/mol. The van der Waals surface area contributed by atoms with Crippen LogP contribution in [0, 0.1) is 5.41 Å². The number of nitrogens with one attached hydrogen (secondary N) is 2. The van der Waals surface area contributed by atoms with Crippen molar-refractivity contribution in [3.05, 3.63) is 24.3 Å². The van der Waals surface area contributed by atoms with Crippen molar-refractivity contribution in [1.29, 1.82) is 0 Å². The van der Waals surface area contributed by atoms with Gasteiger partial charge in [-0.1, -0.05) is 20.8 Å². The Hall–Kier alpha value is -1.59. The topological polar surface area (TPSA) is 70.6 Å². The Morgan fingerprint density at radius 2 is 1.90 bits per heavy atom. The minimum atomic E-state index is -0.104. The number of hydrogen-bond donors (Lipinski definition) is 3. The maximum Gasteiger partial charge on any atom is 0.238 e. The maximum atomic E-state index is 11.9. The van der Waals surface area contributed by atoms with Gasteiger partial charge in [-0.05, 0) is 36.1 Å². The Kier molecular flexibility index (Phi) is 6.65. The van der Waals surface area contributed by atoms with Crippen LogP contribution in [0.5, 0.6) is 5.75 Å². The first-order valence-electron chi connectivity index (χ1n) is 7.15. The lowest BCUT2D eigenvalue weighted by Gasteiger charge is -2.31. The van der Waals surface area contributed by atoms with E-state index in [1.807, 2.05) is 0 Å². The zero-order chi connectivity index (χ0) is 15.9. The van der Waals surface area contributed by atoms with Crippen LogP contribution >= 0.6 is 0 Å². The van der Waals surface area contributed by atoms with Crippen LogP contribution in [0.3, 0.4) is 0 Å². The number of aliphatic hydroxyl groups excluding tert-OH is 1. The molecule has 1 atom stereocenters. The summed E-state index contributed by atoms with van der Waals surface area (Å²) in [5.74, 6) is 0.647. The lowest BCUT2D eigenvalue weighted by atomic mass is 9.85. The molecule has 0 spiro atoms. The van der Waals surface area contributed by atoms with Crippen molar-refractivity contribution in [3.8, 4) is 5.75 Å². The van der Waals surface area contributed by atoms with E-state index >= 15 is 0 Å². The van der Waals surface area contributed by atoms with Crippen LogP contribution in [0.15, 0.2) is 24.3 Å². The Labute approximate surface area is 126 Å². The molecule has 0 aromatic heterocycles. The van der Waals surface area contributed by atoms with Crippen LogP contribution in [0.1, 0.15) is 27.2 Å². The van der Waals surface area contributed by atoms with Crippen LogP contribution in [0.25, 0.3) is 0 Å². The van der Waals surface area contributed by atoms with E-state index in [0.29, 0.717) is 6.42 Å². The van der Waals surface area contributed by atoms with Crippen LogP contribution in [0.2, 0.25) is 0 Å². The van der Waals surface area contributed by atoms with Crippen molar-refractivity contribution < 1.29 is 14.6 Å². The van der Waals surface area contributed by atoms with E-state index in [4.69, 9.17) is 9.84 Å². The van der Waals surface area contributed by atoms with Crippen molar-refractivity contribution in [1.82, 2.24) is 5.32 Å². The monoisotopic (exact) mass is 294 g/mol. The van der Waals surface area contributed by atoms with Crippen LogP contribution in [-0.4, -0.2) is 37.3 Å². The van der Waals surface area contributed by atoms with Crippen molar-refractivity contribution >= 4 is 11.6 Å². The Morgan fingerprint density at radius 3 is 2.38 bits per heavy atom. The fourth-order valence-electron chi connectivity index (χ4n) is 2.07. The van der Waals surface area contributed by atoms with Crippen molar-refractivity contribution in [2.45, 2.75) is 33.2 Å². The van der Waals surface area contributed by atoms with E-state index in [0.717, 1.165) is 11.4 Å². The summed E-state index contributed by atoms with van der Waals surface area (Å²) in [4.78, 5) is 11.9. The molecule has 118 valence electrons. The van der Waals surface area contributed by atoms with Crippen LogP contribution < -0.4 is 15.4 Å². The molecule has 5 nitrogen and oxygen atoms in total. The largest absolute Gasteiger partial charge is 0.497 e. The average molecular weight is 294 g/mol. The molecule has 1 amide bonds. The van der Waals surface area contributed by atoms with Crippen molar-refractivity contribution in [2.75, 3.05) is 25.6 Å². The minimum Gasteiger partial charge on any atom is -0.497 e. The molecule has 1 unspecified atom stereocenters. The Bertz CT molecular complexity index is 438. The van der Waals surface area contributed by atoms with Gasteiger partial charge in [0.1, 0.15) is 5.75 Å². The Morgan fingerprint density at radius 1 is 1.29 bits per heavy atom. The number of ether oxygens (including phenoxy) is 1. The number of anilines is 1. The molecule has 0 saturated carbocycles. The predicted octanol–water partition coefficient (Wildman–Crippen LogP) is 2.02. The summed E-state index contributed by atoms with van der Waals surface area (Å²) in [7, 11) is 1.60. The first kappa shape index (κ1) is 17.5. The molecule has 5 heteroatoms. The van der Waals surface area contributed by atoms with Gasteiger partial charge in [-0.25, -0.2) is 0 Å². The van der Waals surface area contributed by atoms with E-state index in [2.05, 4.69) is 31.4 Å². The smallest absolute Gasteiger partial charge is 0.238 e. The molecule has 0 fully saturated rings. The molecular weight excluding hydrogens is 268 g/mol. The molecule has 0 aliphatic rings. The lowest BCUT2D eigenvalue weighted by molar-refractivity contribution is -0.115. The zero-order valence-electron chi connectivity index (χ0n) is 13.3. The van der Waals surface area contributed by atoms with Gasteiger partial charge in [0.15, 0.2) is 0 Å². The summed E-state index contributed by atoms with van der Waals surface area (Å²) in [6.45, 7) is 6.58. The van der Waals surface area contributed by atoms with Gasteiger partial charge in [0.05, 0.1) is 13.7 Å². The van der Waals surface area contributed by atoms with Gasteiger partial charge >= 0.3 is 0 Å². The van der Waals surface area contributed by atoms with Gasteiger partial charge in [-0.2, -0.15) is 0 Å². The number of aliphatic hydroxyl groups is 1. The quantitative estimate of drug-likeness (QED) is 0.719. The summed E-state index contributed by atoms with van der Waals surface area (Å²) in [6.07, 6.45) is 0.624. The average Bonchev–Trinajstić information content (AvgIpc) is 2.43. The summed E-state index contributed by atoms with van der Waals surface area (Å²) in [5.41, 5.74) is 0.723. The van der Waals surface area contributed by atoms with Gasteiger partial charge in [-0.15, -0.1) is 0 Å². The lowest BCUT2D eigenvalue weighted by Crippen LogP contribution is -2.44. The fourth-order valence-corrected chi connectivity index (χ4v) is 2.07. The van der Waals surface area contributed by atoms with E-state index in [-0.39, 0.29) is 30.5 Å². The standard InChI is InChI=1S/C16H26N2O3/c1-16(2,3)14(9-10-19)17-11-15(20)18-12-5-7-13(21-4)8-6-12/h5-8,14,17,19H,9-11H2,1-4H3,(H,18,20). The number of rotatable bonds is 7. The normalized spacial score (nSPS) is 12.8. The molecule has 0 aliphatic carbocycles. The molecule has 0 heterocycles. The van der Waals surface area contributed by atoms with Gasteiger partial charge in [0.2, 0.25) is 5.91 Å². The van der Waals surface area contributed by atoms with Crippen LogP contribution in [-0.2, 0) is 4.79 Å². The number of carbonyl (C=O) groups is 1. The third-order valence-electron chi connectivity index (χ3n) is 3.35. The molecule has 0 radical (unpaired) electrons. The highest BCUT2D eigenvalue weighted by Crippen LogP contribution is 2.21. The number of carbonyl (C=O) groups excluding carboxylic acids is 1. The summed E-state index contributed by atoms with van der Waals surface area (Å²) in [5, 5.41) is 15.1. The number of methoxy groups -OCH3 is 1. The summed E-state index contributed by atoms with van der Waals surface area (Å²) in [6, 6.07) is 7.28. The molecule has 21 heavy (non-hydrogen) atoms. The highest BCUT2D eigenvalue weighted by Gasteiger charge is 2.24. The SMILES string of the molecule is COc1ccc(NC(=O)CNC(CCO)C(C)(C)C)cc1. The van der Waals surface area contributed by atoms with E-state index in [1.165, 1.54) is 0 Å². The third kappa shape index (κ3) is 6.14. The van der Waals surface area contributed by atoms with Crippen LogP contribution in [0.4, 0.5) is 5.69 Å².